The molecule has 1 atom stereocenters. The van der Waals surface area contributed by atoms with E-state index in [0.717, 1.165) is 16.0 Å². The highest BCUT2D eigenvalue weighted by molar-refractivity contribution is 6.11. The molecule has 0 aromatic heterocycles. The largest absolute Gasteiger partial charge is 0.325 e. The highest BCUT2D eigenvalue weighted by Crippen LogP contribution is 2.36. The SMILES string of the molecule is CC(=O)CN1C(=O)N[C@@](c2ccccc2)(c2ccc(C)c(C)c2)C1=O. The summed E-state index contributed by atoms with van der Waals surface area (Å²) in [4.78, 5) is 38.2. The van der Waals surface area contributed by atoms with Gasteiger partial charge in [0.1, 0.15) is 5.78 Å². The van der Waals surface area contributed by atoms with Crippen molar-refractivity contribution in [3.8, 4) is 0 Å². The summed E-state index contributed by atoms with van der Waals surface area (Å²) in [6.07, 6.45) is 0. The Kier molecular flexibility index (Phi) is 4.17. The standard InChI is InChI=1S/C20H20N2O3/c1-13-9-10-17(11-14(13)2)20(16-7-5-4-6-8-16)18(24)22(12-15(3)23)19(25)21-20/h4-11H,12H2,1-3H3,(H,21,25)/t20-/m0/s1. The van der Waals surface area contributed by atoms with Gasteiger partial charge in [-0.1, -0.05) is 48.5 Å². The van der Waals surface area contributed by atoms with Gasteiger partial charge in [-0.2, -0.15) is 0 Å². The average Bonchev–Trinajstić information content (AvgIpc) is 2.83. The van der Waals surface area contributed by atoms with Crippen LogP contribution < -0.4 is 5.32 Å². The van der Waals surface area contributed by atoms with Crippen LogP contribution in [0.25, 0.3) is 0 Å². The Hall–Kier alpha value is -2.95. The Morgan fingerprint density at radius 1 is 1.00 bits per heavy atom. The van der Waals surface area contributed by atoms with Crippen LogP contribution in [0.15, 0.2) is 48.5 Å². The van der Waals surface area contributed by atoms with Gasteiger partial charge in [0.15, 0.2) is 5.54 Å². The van der Waals surface area contributed by atoms with E-state index in [1.54, 1.807) is 0 Å². The molecule has 0 radical (unpaired) electrons. The van der Waals surface area contributed by atoms with Crippen LogP contribution in [0.2, 0.25) is 0 Å². The first kappa shape index (κ1) is 16.9. The van der Waals surface area contributed by atoms with Gasteiger partial charge in [-0.3, -0.25) is 14.5 Å². The molecule has 2 aromatic rings. The van der Waals surface area contributed by atoms with Gasteiger partial charge in [-0.15, -0.1) is 0 Å². The van der Waals surface area contributed by atoms with E-state index in [0.29, 0.717) is 11.1 Å². The molecule has 1 aliphatic rings. The van der Waals surface area contributed by atoms with Crippen LogP contribution in [-0.4, -0.2) is 29.2 Å². The number of Topliss-reactive ketones (excluding diaryl/α,β-unsaturated/α-hetero) is 1. The van der Waals surface area contributed by atoms with E-state index < -0.39 is 17.5 Å². The van der Waals surface area contributed by atoms with Gasteiger partial charge >= 0.3 is 6.03 Å². The maximum Gasteiger partial charge on any atom is 0.325 e. The van der Waals surface area contributed by atoms with E-state index in [4.69, 9.17) is 0 Å². The summed E-state index contributed by atoms with van der Waals surface area (Å²) in [6, 6.07) is 14.3. The molecule has 5 nitrogen and oxygen atoms in total. The molecule has 0 aliphatic carbocycles. The number of nitrogens with zero attached hydrogens (tertiary/aromatic N) is 1. The maximum atomic E-state index is 13.3. The number of carbonyl (C=O) groups excluding carboxylic acids is 3. The summed E-state index contributed by atoms with van der Waals surface area (Å²) in [5.41, 5.74) is 2.17. The van der Waals surface area contributed by atoms with E-state index in [-0.39, 0.29) is 12.3 Å². The lowest BCUT2D eigenvalue weighted by Crippen LogP contribution is -2.45. The molecule has 25 heavy (non-hydrogen) atoms. The number of imide groups is 1. The van der Waals surface area contributed by atoms with Crippen LogP contribution in [0.4, 0.5) is 4.79 Å². The summed E-state index contributed by atoms with van der Waals surface area (Å²) in [5.74, 6) is -0.672. The predicted molar refractivity (Wildman–Crippen MR) is 94.1 cm³/mol. The number of ketones is 1. The first-order valence-electron chi connectivity index (χ1n) is 8.13. The minimum atomic E-state index is -1.31. The van der Waals surface area contributed by atoms with Crippen molar-refractivity contribution in [1.29, 1.82) is 0 Å². The Bertz CT molecular complexity index is 860. The minimum absolute atomic E-state index is 0.232. The maximum absolute atomic E-state index is 13.3. The molecule has 0 bridgehead atoms. The highest BCUT2D eigenvalue weighted by Gasteiger charge is 2.53. The molecule has 0 spiro atoms. The number of urea groups is 1. The second kappa shape index (κ2) is 6.16. The number of amides is 3. The number of nitrogens with one attached hydrogen (secondary N) is 1. The van der Waals surface area contributed by atoms with Gasteiger partial charge in [0, 0.05) is 0 Å². The lowest BCUT2D eigenvalue weighted by molar-refractivity contribution is -0.133. The highest BCUT2D eigenvalue weighted by atomic mass is 16.2. The molecule has 5 heteroatoms. The van der Waals surface area contributed by atoms with Crippen molar-refractivity contribution in [2.75, 3.05) is 6.54 Å². The second-order valence-corrected chi connectivity index (χ2v) is 6.44. The van der Waals surface area contributed by atoms with Crippen LogP contribution in [-0.2, 0) is 15.1 Å². The van der Waals surface area contributed by atoms with Crippen molar-refractivity contribution in [1.82, 2.24) is 10.2 Å². The van der Waals surface area contributed by atoms with Crippen LogP contribution in [0.5, 0.6) is 0 Å². The van der Waals surface area contributed by atoms with Crippen molar-refractivity contribution in [3.05, 3.63) is 70.8 Å². The summed E-state index contributed by atoms with van der Waals surface area (Å²) < 4.78 is 0. The quantitative estimate of drug-likeness (QED) is 0.873. The van der Waals surface area contributed by atoms with Gasteiger partial charge in [0.2, 0.25) is 0 Å². The molecule has 1 heterocycles. The Morgan fingerprint density at radius 2 is 1.68 bits per heavy atom. The molecule has 3 rings (SSSR count). The molecule has 1 saturated heterocycles. The second-order valence-electron chi connectivity index (χ2n) is 6.44. The van der Waals surface area contributed by atoms with Crippen LogP contribution >= 0.6 is 0 Å². The lowest BCUT2D eigenvalue weighted by atomic mass is 9.81. The van der Waals surface area contributed by atoms with Crippen molar-refractivity contribution in [2.45, 2.75) is 26.3 Å². The minimum Gasteiger partial charge on any atom is -0.315 e. The number of carbonyl (C=O) groups is 3. The average molecular weight is 336 g/mol. The molecule has 2 aromatic carbocycles. The monoisotopic (exact) mass is 336 g/mol. The zero-order valence-corrected chi connectivity index (χ0v) is 14.5. The molecule has 1 aliphatic heterocycles. The number of benzene rings is 2. The molecule has 128 valence electrons. The number of rotatable bonds is 4. The Balaban J connectivity index is 2.21. The molecule has 3 amide bonds. The first-order chi connectivity index (χ1) is 11.9. The molecule has 0 saturated carbocycles. The topological polar surface area (TPSA) is 66.5 Å². The van der Waals surface area contributed by atoms with Crippen LogP contribution in [0, 0.1) is 13.8 Å². The fourth-order valence-electron chi connectivity index (χ4n) is 3.16. The molecule has 1 N–H and O–H groups in total. The zero-order chi connectivity index (χ0) is 18.2. The number of hydrogen-bond donors (Lipinski definition) is 1. The van der Waals surface area contributed by atoms with Crippen molar-refractivity contribution >= 4 is 17.7 Å². The summed E-state index contributed by atoms with van der Waals surface area (Å²) in [5, 5.41) is 2.84. The zero-order valence-electron chi connectivity index (χ0n) is 14.5. The van der Waals surface area contributed by atoms with E-state index in [1.165, 1.54) is 6.92 Å². The van der Waals surface area contributed by atoms with Crippen molar-refractivity contribution in [2.24, 2.45) is 0 Å². The predicted octanol–water partition coefficient (Wildman–Crippen LogP) is 2.69. The summed E-state index contributed by atoms with van der Waals surface area (Å²) in [6.45, 7) is 5.08. The van der Waals surface area contributed by atoms with Gasteiger partial charge < -0.3 is 5.32 Å². The Labute approximate surface area is 146 Å². The fraction of sp³-hybridized carbons (Fsp3) is 0.250. The normalized spacial score (nSPS) is 19.9. The molecular formula is C20H20N2O3. The van der Waals surface area contributed by atoms with Crippen LogP contribution in [0.3, 0.4) is 0 Å². The third-order valence-corrected chi connectivity index (χ3v) is 4.63. The van der Waals surface area contributed by atoms with Crippen molar-refractivity contribution in [3.63, 3.8) is 0 Å². The lowest BCUT2D eigenvalue weighted by Gasteiger charge is -2.28. The third kappa shape index (κ3) is 2.71. The van der Waals surface area contributed by atoms with Gasteiger partial charge in [-0.25, -0.2) is 4.79 Å². The van der Waals surface area contributed by atoms with Gasteiger partial charge in [0.25, 0.3) is 5.91 Å². The number of aryl methyl sites for hydroxylation is 2. The molecule has 1 fully saturated rings. The summed E-state index contributed by atoms with van der Waals surface area (Å²) in [7, 11) is 0. The third-order valence-electron chi connectivity index (χ3n) is 4.63. The first-order valence-corrected chi connectivity index (χ1v) is 8.13. The van der Waals surface area contributed by atoms with Gasteiger partial charge in [0.05, 0.1) is 6.54 Å². The molecule has 0 unspecified atom stereocenters. The van der Waals surface area contributed by atoms with Gasteiger partial charge in [-0.05, 0) is 43.0 Å². The van der Waals surface area contributed by atoms with E-state index in [1.807, 2.05) is 62.4 Å². The van der Waals surface area contributed by atoms with E-state index >= 15 is 0 Å². The van der Waals surface area contributed by atoms with Crippen LogP contribution in [0.1, 0.15) is 29.2 Å². The smallest absolute Gasteiger partial charge is 0.315 e. The van der Waals surface area contributed by atoms with Crippen molar-refractivity contribution < 1.29 is 14.4 Å². The van der Waals surface area contributed by atoms with E-state index in [2.05, 4.69) is 5.32 Å². The fourth-order valence-corrected chi connectivity index (χ4v) is 3.16. The number of hydrogen-bond acceptors (Lipinski definition) is 3. The summed E-state index contributed by atoms with van der Waals surface area (Å²) >= 11 is 0. The Morgan fingerprint density at radius 3 is 2.28 bits per heavy atom. The molecular weight excluding hydrogens is 316 g/mol. The van der Waals surface area contributed by atoms with E-state index in [9.17, 15) is 14.4 Å².